The Bertz CT molecular complexity index is 654. The molecule has 0 saturated carbocycles. The second-order valence-electron chi connectivity index (χ2n) is 4.65. The summed E-state index contributed by atoms with van der Waals surface area (Å²) in [6, 6.07) is 14.5. The van der Waals surface area contributed by atoms with Crippen molar-refractivity contribution in [3.8, 4) is 0 Å². The number of amides is 2. The maximum Gasteiger partial charge on any atom is 0.228 e. The maximum atomic E-state index is 12.0. The van der Waals surface area contributed by atoms with Crippen LogP contribution in [-0.4, -0.2) is 11.8 Å². The second kappa shape index (κ2) is 6.95. The monoisotopic (exact) mass is 300 g/mol. The number of thiol groups is 1. The van der Waals surface area contributed by atoms with Crippen molar-refractivity contribution in [1.82, 2.24) is 0 Å². The Balaban J connectivity index is 1.99. The Kier molecular flexibility index (Phi) is 5.00. The van der Waals surface area contributed by atoms with Crippen molar-refractivity contribution in [2.24, 2.45) is 0 Å². The molecule has 2 N–H and O–H groups in total. The molecule has 5 heteroatoms. The molecule has 21 heavy (non-hydrogen) atoms. The summed E-state index contributed by atoms with van der Waals surface area (Å²) in [5.41, 5.74) is 2.22. The highest BCUT2D eigenvalue weighted by molar-refractivity contribution is 7.80. The fraction of sp³-hybridized carbons (Fsp3) is 0.125. The SMILES string of the molecule is CC(=O)Nc1cccc(NC(=O)Cc2ccc(S)cc2)c1. The number of nitrogens with one attached hydrogen (secondary N) is 2. The van der Waals surface area contributed by atoms with Gasteiger partial charge < -0.3 is 10.6 Å². The lowest BCUT2D eigenvalue weighted by Gasteiger charge is -2.08. The molecule has 0 saturated heterocycles. The molecule has 0 aliphatic rings. The van der Waals surface area contributed by atoms with E-state index in [1.54, 1.807) is 24.3 Å². The van der Waals surface area contributed by atoms with Gasteiger partial charge in [-0.3, -0.25) is 9.59 Å². The number of carbonyl (C=O) groups is 2. The van der Waals surface area contributed by atoms with Gasteiger partial charge in [-0.25, -0.2) is 0 Å². The van der Waals surface area contributed by atoms with Gasteiger partial charge in [0.1, 0.15) is 0 Å². The number of hydrogen-bond acceptors (Lipinski definition) is 3. The van der Waals surface area contributed by atoms with Crippen LogP contribution in [0.5, 0.6) is 0 Å². The lowest BCUT2D eigenvalue weighted by molar-refractivity contribution is -0.115. The Labute approximate surface area is 129 Å². The van der Waals surface area contributed by atoms with Gasteiger partial charge in [-0.05, 0) is 35.9 Å². The van der Waals surface area contributed by atoms with Crippen LogP contribution in [0.4, 0.5) is 11.4 Å². The molecule has 2 amide bonds. The highest BCUT2D eigenvalue weighted by Gasteiger charge is 2.05. The molecule has 2 aromatic carbocycles. The van der Waals surface area contributed by atoms with E-state index in [1.807, 2.05) is 24.3 Å². The van der Waals surface area contributed by atoms with Crippen LogP contribution >= 0.6 is 12.6 Å². The van der Waals surface area contributed by atoms with E-state index in [2.05, 4.69) is 23.3 Å². The van der Waals surface area contributed by atoms with Crippen molar-refractivity contribution in [2.75, 3.05) is 10.6 Å². The van der Waals surface area contributed by atoms with E-state index in [0.29, 0.717) is 17.8 Å². The molecule has 0 unspecified atom stereocenters. The van der Waals surface area contributed by atoms with Crippen molar-refractivity contribution in [3.63, 3.8) is 0 Å². The van der Waals surface area contributed by atoms with Gasteiger partial charge in [-0.1, -0.05) is 18.2 Å². The normalized spacial score (nSPS) is 10.0. The third-order valence-electron chi connectivity index (χ3n) is 2.77. The predicted molar refractivity (Wildman–Crippen MR) is 86.8 cm³/mol. The van der Waals surface area contributed by atoms with Crippen LogP contribution in [0, 0.1) is 0 Å². The van der Waals surface area contributed by atoms with Gasteiger partial charge in [-0.2, -0.15) is 0 Å². The van der Waals surface area contributed by atoms with Gasteiger partial charge in [-0.15, -0.1) is 12.6 Å². The number of rotatable bonds is 4. The Morgan fingerprint density at radius 2 is 1.62 bits per heavy atom. The third-order valence-corrected chi connectivity index (χ3v) is 3.07. The van der Waals surface area contributed by atoms with Crippen molar-refractivity contribution in [3.05, 3.63) is 54.1 Å². The molecule has 2 aromatic rings. The van der Waals surface area contributed by atoms with Crippen molar-refractivity contribution >= 4 is 35.8 Å². The summed E-state index contributed by atoms with van der Waals surface area (Å²) < 4.78 is 0. The molecule has 0 heterocycles. The lowest BCUT2D eigenvalue weighted by Crippen LogP contribution is -2.14. The summed E-state index contributed by atoms with van der Waals surface area (Å²) in [5, 5.41) is 5.48. The Morgan fingerprint density at radius 1 is 1.00 bits per heavy atom. The van der Waals surface area contributed by atoms with Gasteiger partial charge in [0.25, 0.3) is 0 Å². The van der Waals surface area contributed by atoms with Crippen LogP contribution < -0.4 is 10.6 Å². The van der Waals surface area contributed by atoms with Crippen LogP contribution in [0.3, 0.4) is 0 Å². The average Bonchev–Trinajstić information content (AvgIpc) is 2.41. The first-order valence-electron chi connectivity index (χ1n) is 6.48. The fourth-order valence-electron chi connectivity index (χ4n) is 1.88. The number of benzene rings is 2. The molecule has 0 atom stereocenters. The Hall–Kier alpha value is -2.27. The third kappa shape index (κ3) is 4.96. The predicted octanol–water partition coefficient (Wildman–Crippen LogP) is 3.11. The van der Waals surface area contributed by atoms with Crippen molar-refractivity contribution in [2.45, 2.75) is 18.2 Å². The topological polar surface area (TPSA) is 58.2 Å². The first-order chi connectivity index (χ1) is 10.0. The van der Waals surface area contributed by atoms with E-state index < -0.39 is 0 Å². The minimum absolute atomic E-state index is 0.109. The molecule has 0 fully saturated rings. The molecule has 0 aliphatic heterocycles. The standard InChI is InChI=1S/C16H16N2O2S/c1-11(19)17-13-3-2-4-14(10-13)18-16(20)9-12-5-7-15(21)8-6-12/h2-8,10,21H,9H2,1H3,(H,17,19)(H,18,20). The van der Waals surface area contributed by atoms with Gasteiger partial charge in [0.15, 0.2) is 0 Å². The van der Waals surface area contributed by atoms with Gasteiger partial charge in [0.2, 0.25) is 11.8 Å². The number of carbonyl (C=O) groups excluding carboxylic acids is 2. The summed E-state index contributed by atoms with van der Waals surface area (Å²) in [6.45, 7) is 1.44. The summed E-state index contributed by atoms with van der Waals surface area (Å²) in [4.78, 5) is 23.9. The van der Waals surface area contributed by atoms with E-state index in [-0.39, 0.29) is 11.8 Å². The molecule has 0 radical (unpaired) electrons. The molecule has 0 spiro atoms. The van der Waals surface area contributed by atoms with E-state index in [0.717, 1.165) is 10.5 Å². The van der Waals surface area contributed by atoms with Crippen LogP contribution in [-0.2, 0) is 16.0 Å². The molecule has 0 aliphatic carbocycles. The molecular formula is C16H16N2O2S. The number of hydrogen-bond donors (Lipinski definition) is 3. The van der Waals surface area contributed by atoms with Crippen LogP contribution in [0.1, 0.15) is 12.5 Å². The summed E-state index contributed by atoms with van der Waals surface area (Å²) >= 11 is 4.21. The zero-order valence-corrected chi connectivity index (χ0v) is 12.5. The molecular weight excluding hydrogens is 284 g/mol. The minimum atomic E-state index is -0.148. The zero-order valence-electron chi connectivity index (χ0n) is 11.6. The Morgan fingerprint density at radius 3 is 2.24 bits per heavy atom. The molecule has 2 rings (SSSR count). The highest BCUT2D eigenvalue weighted by atomic mass is 32.1. The van der Waals surface area contributed by atoms with E-state index in [9.17, 15) is 9.59 Å². The van der Waals surface area contributed by atoms with E-state index in [1.165, 1.54) is 6.92 Å². The van der Waals surface area contributed by atoms with Crippen LogP contribution in [0.2, 0.25) is 0 Å². The quantitative estimate of drug-likeness (QED) is 0.760. The largest absolute Gasteiger partial charge is 0.326 e. The summed E-state index contributed by atoms with van der Waals surface area (Å²) in [7, 11) is 0. The van der Waals surface area contributed by atoms with Gasteiger partial charge in [0, 0.05) is 23.2 Å². The zero-order chi connectivity index (χ0) is 15.2. The van der Waals surface area contributed by atoms with Gasteiger partial charge in [0.05, 0.1) is 6.42 Å². The van der Waals surface area contributed by atoms with E-state index >= 15 is 0 Å². The number of anilines is 2. The molecule has 4 nitrogen and oxygen atoms in total. The molecule has 108 valence electrons. The summed E-state index contributed by atoms with van der Waals surface area (Å²) in [6.07, 6.45) is 0.290. The van der Waals surface area contributed by atoms with E-state index in [4.69, 9.17) is 0 Å². The minimum Gasteiger partial charge on any atom is -0.326 e. The highest BCUT2D eigenvalue weighted by Crippen LogP contribution is 2.16. The van der Waals surface area contributed by atoms with Gasteiger partial charge >= 0.3 is 0 Å². The average molecular weight is 300 g/mol. The first kappa shape index (κ1) is 15.1. The fourth-order valence-corrected chi connectivity index (χ4v) is 2.03. The lowest BCUT2D eigenvalue weighted by atomic mass is 10.1. The second-order valence-corrected chi connectivity index (χ2v) is 5.17. The maximum absolute atomic E-state index is 12.0. The van der Waals surface area contributed by atoms with Crippen molar-refractivity contribution in [1.29, 1.82) is 0 Å². The summed E-state index contributed by atoms with van der Waals surface area (Å²) in [5.74, 6) is -0.257. The van der Waals surface area contributed by atoms with Crippen molar-refractivity contribution < 1.29 is 9.59 Å². The molecule has 0 aromatic heterocycles. The molecule has 0 bridgehead atoms. The smallest absolute Gasteiger partial charge is 0.228 e. The van der Waals surface area contributed by atoms with Crippen LogP contribution in [0.25, 0.3) is 0 Å². The first-order valence-corrected chi connectivity index (χ1v) is 6.93. The van der Waals surface area contributed by atoms with Crippen LogP contribution in [0.15, 0.2) is 53.4 Å².